The Kier molecular flexibility index (Phi) is 8.28. The Balaban J connectivity index is 1.61. The average Bonchev–Trinajstić information content (AvgIpc) is 3.44. The summed E-state index contributed by atoms with van der Waals surface area (Å²) in [5.74, 6) is 0.322. The molecule has 8 nitrogen and oxygen atoms in total. The number of hydrogen-bond acceptors (Lipinski definition) is 6. The van der Waals surface area contributed by atoms with Crippen LogP contribution in [0.1, 0.15) is 66.5 Å². The number of benzene rings is 2. The molecule has 0 saturated heterocycles. The number of alkyl carbamates (subject to hydrolysis) is 1. The first-order chi connectivity index (χ1) is 17.9. The Bertz CT molecular complexity index is 1360. The number of esters is 1. The summed E-state index contributed by atoms with van der Waals surface area (Å²) in [4.78, 5) is 30.0. The number of fused-ring (bicyclic) bond motifs is 1. The van der Waals surface area contributed by atoms with Gasteiger partial charge < -0.3 is 23.8 Å². The van der Waals surface area contributed by atoms with Gasteiger partial charge in [0.2, 0.25) is 5.89 Å². The molecule has 1 atom stereocenters. The van der Waals surface area contributed by atoms with E-state index in [0.29, 0.717) is 18.6 Å². The Hall–Kier alpha value is -4.07. The molecule has 0 saturated carbocycles. The molecule has 0 unspecified atom stereocenters. The van der Waals surface area contributed by atoms with Crippen molar-refractivity contribution < 1.29 is 23.5 Å². The lowest BCUT2D eigenvalue weighted by molar-refractivity contribution is 0.0518. The maximum absolute atomic E-state index is 12.8. The monoisotopic (exact) mass is 503 g/mol. The van der Waals surface area contributed by atoms with E-state index in [1.54, 1.807) is 6.92 Å². The Morgan fingerprint density at radius 2 is 1.78 bits per heavy atom. The summed E-state index contributed by atoms with van der Waals surface area (Å²) in [6.07, 6.45) is 2.35. The molecule has 0 fully saturated rings. The highest BCUT2D eigenvalue weighted by atomic mass is 16.5. The molecule has 194 valence electrons. The molecular formula is C29H33N3O5. The summed E-state index contributed by atoms with van der Waals surface area (Å²) < 4.78 is 18.9. The molecule has 0 radical (unpaired) electrons. The number of amides is 1. The van der Waals surface area contributed by atoms with Crippen LogP contribution >= 0.6 is 0 Å². The largest absolute Gasteiger partial charge is 0.461 e. The van der Waals surface area contributed by atoms with Crippen molar-refractivity contribution in [2.75, 3.05) is 6.61 Å². The second-order valence-corrected chi connectivity index (χ2v) is 9.39. The van der Waals surface area contributed by atoms with E-state index >= 15 is 0 Å². The standard InChI is InChI=1S/C29H33N3O5/c1-5-35-28(33)26-25(16-21-17-32(4)24-14-10-9-13-22(21)24)37-27(31-26)23(15-19(2)3)30-29(34)36-18-20-11-7-6-8-12-20/h6-14,17,19,23H,5,15-16,18H2,1-4H3,(H,30,34)/t23-/m0/s1. The summed E-state index contributed by atoms with van der Waals surface area (Å²) in [7, 11) is 1.98. The maximum atomic E-state index is 12.8. The average molecular weight is 504 g/mol. The molecular weight excluding hydrogens is 470 g/mol. The van der Waals surface area contributed by atoms with Crippen molar-refractivity contribution in [2.45, 2.75) is 46.3 Å². The van der Waals surface area contributed by atoms with Crippen LogP contribution in [-0.2, 0) is 29.5 Å². The molecule has 4 rings (SSSR count). The van der Waals surface area contributed by atoms with Crippen molar-refractivity contribution >= 4 is 23.0 Å². The number of nitrogens with zero attached hydrogens (tertiary/aromatic N) is 2. The molecule has 0 aliphatic rings. The second kappa shape index (κ2) is 11.8. The van der Waals surface area contributed by atoms with Crippen LogP contribution in [-0.4, -0.2) is 28.2 Å². The molecule has 1 N–H and O–H groups in total. The van der Waals surface area contributed by atoms with Gasteiger partial charge in [-0.05, 0) is 36.5 Å². The van der Waals surface area contributed by atoms with E-state index < -0.39 is 18.1 Å². The molecule has 37 heavy (non-hydrogen) atoms. The first kappa shape index (κ1) is 26.0. The number of para-hydroxylation sites is 1. The molecule has 0 spiro atoms. The summed E-state index contributed by atoms with van der Waals surface area (Å²) in [5, 5.41) is 3.94. The third-order valence-electron chi connectivity index (χ3n) is 6.02. The fourth-order valence-electron chi connectivity index (χ4n) is 4.34. The number of rotatable bonds is 10. The molecule has 0 bridgehead atoms. The van der Waals surface area contributed by atoms with E-state index in [9.17, 15) is 9.59 Å². The SMILES string of the molecule is CCOC(=O)c1nc([C@H](CC(C)C)NC(=O)OCc2ccccc2)oc1Cc1cn(C)c2ccccc12. The van der Waals surface area contributed by atoms with E-state index in [1.807, 2.05) is 86.3 Å². The van der Waals surface area contributed by atoms with Gasteiger partial charge in [0.1, 0.15) is 18.4 Å². The van der Waals surface area contributed by atoms with Crippen LogP contribution in [0.25, 0.3) is 10.9 Å². The molecule has 0 aliphatic heterocycles. The lowest BCUT2D eigenvalue weighted by Crippen LogP contribution is -2.30. The van der Waals surface area contributed by atoms with E-state index in [1.165, 1.54) is 0 Å². The second-order valence-electron chi connectivity index (χ2n) is 9.39. The molecule has 2 aromatic heterocycles. The lowest BCUT2D eigenvalue weighted by Gasteiger charge is -2.17. The van der Waals surface area contributed by atoms with E-state index in [4.69, 9.17) is 13.9 Å². The summed E-state index contributed by atoms with van der Waals surface area (Å²) in [6.45, 7) is 6.18. The number of aryl methyl sites for hydroxylation is 1. The number of carbonyl (C=O) groups excluding carboxylic acids is 2. The van der Waals surface area contributed by atoms with Crippen LogP contribution in [0, 0.1) is 5.92 Å². The summed E-state index contributed by atoms with van der Waals surface area (Å²) >= 11 is 0. The first-order valence-electron chi connectivity index (χ1n) is 12.5. The van der Waals surface area contributed by atoms with E-state index in [0.717, 1.165) is 22.0 Å². The number of nitrogens with one attached hydrogen (secondary N) is 1. The van der Waals surface area contributed by atoms with Gasteiger partial charge in [0, 0.05) is 30.6 Å². The van der Waals surface area contributed by atoms with Crippen molar-refractivity contribution in [3.63, 3.8) is 0 Å². The summed E-state index contributed by atoms with van der Waals surface area (Å²) in [5.41, 5.74) is 3.09. The van der Waals surface area contributed by atoms with Gasteiger partial charge in [-0.3, -0.25) is 0 Å². The minimum Gasteiger partial charge on any atom is -0.461 e. The number of aromatic nitrogens is 2. The van der Waals surface area contributed by atoms with Gasteiger partial charge in [-0.15, -0.1) is 0 Å². The number of oxazole rings is 1. The third-order valence-corrected chi connectivity index (χ3v) is 6.02. The Morgan fingerprint density at radius 1 is 1.05 bits per heavy atom. The Labute approximate surface area is 216 Å². The maximum Gasteiger partial charge on any atom is 0.408 e. The van der Waals surface area contributed by atoms with Gasteiger partial charge in [-0.1, -0.05) is 62.4 Å². The number of ether oxygens (including phenoxy) is 2. The molecule has 0 aliphatic carbocycles. The van der Waals surface area contributed by atoms with Crippen LogP contribution in [0.4, 0.5) is 4.79 Å². The summed E-state index contributed by atoms with van der Waals surface area (Å²) in [6, 6.07) is 16.9. The van der Waals surface area contributed by atoms with Gasteiger partial charge >= 0.3 is 12.1 Å². The highest BCUT2D eigenvalue weighted by molar-refractivity contribution is 5.89. The smallest absolute Gasteiger partial charge is 0.408 e. The molecule has 2 aromatic carbocycles. The van der Waals surface area contributed by atoms with Crippen LogP contribution in [0.5, 0.6) is 0 Å². The normalized spacial score (nSPS) is 12.0. The van der Waals surface area contributed by atoms with Crippen molar-refractivity contribution in [3.8, 4) is 0 Å². The highest BCUT2D eigenvalue weighted by Gasteiger charge is 2.28. The van der Waals surface area contributed by atoms with Crippen molar-refractivity contribution in [1.82, 2.24) is 14.9 Å². The van der Waals surface area contributed by atoms with Gasteiger partial charge in [0.25, 0.3) is 0 Å². The fourth-order valence-corrected chi connectivity index (χ4v) is 4.34. The zero-order chi connectivity index (χ0) is 26.4. The minimum absolute atomic E-state index is 0.123. The van der Waals surface area contributed by atoms with E-state index in [-0.39, 0.29) is 30.7 Å². The van der Waals surface area contributed by atoms with Gasteiger partial charge in [-0.25, -0.2) is 14.6 Å². The van der Waals surface area contributed by atoms with Gasteiger partial charge in [-0.2, -0.15) is 0 Å². The van der Waals surface area contributed by atoms with Gasteiger partial charge in [0.15, 0.2) is 5.69 Å². The third kappa shape index (κ3) is 6.39. The van der Waals surface area contributed by atoms with Gasteiger partial charge in [0.05, 0.1) is 6.61 Å². The van der Waals surface area contributed by atoms with Crippen molar-refractivity contribution in [3.05, 3.63) is 89.3 Å². The molecule has 2 heterocycles. The van der Waals surface area contributed by atoms with Crippen LogP contribution in [0.3, 0.4) is 0 Å². The number of hydrogen-bond donors (Lipinski definition) is 1. The van der Waals surface area contributed by atoms with Crippen molar-refractivity contribution in [1.29, 1.82) is 0 Å². The number of carbonyl (C=O) groups is 2. The molecule has 1 amide bonds. The fraction of sp³-hybridized carbons (Fsp3) is 0.345. The quantitative estimate of drug-likeness (QED) is 0.269. The predicted molar refractivity (Wildman–Crippen MR) is 140 cm³/mol. The lowest BCUT2D eigenvalue weighted by atomic mass is 10.0. The van der Waals surface area contributed by atoms with Crippen LogP contribution < -0.4 is 5.32 Å². The predicted octanol–water partition coefficient (Wildman–Crippen LogP) is 5.95. The Morgan fingerprint density at radius 3 is 2.51 bits per heavy atom. The minimum atomic E-state index is -0.582. The van der Waals surface area contributed by atoms with Crippen molar-refractivity contribution in [2.24, 2.45) is 13.0 Å². The molecule has 8 heteroatoms. The molecule has 4 aromatic rings. The van der Waals surface area contributed by atoms with E-state index in [2.05, 4.69) is 10.3 Å². The zero-order valence-electron chi connectivity index (χ0n) is 21.7. The first-order valence-corrected chi connectivity index (χ1v) is 12.5. The van der Waals surface area contributed by atoms with Crippen LogP contribution in [0.2, 0.25) is 0 Å². The highest BCUT2D eigenvalue weighted by Crippen LogP contribution is 2.28. The zero-order valence-corrected chi connectivity index (χ0v) is 21.7. The topological polar surface area (TPSA) is 95.6 Å². The van der Waals surface area contributed by atoms with Crippen LogP contribution in [0.15, 0.2) is 65.2 Å².